The summed E-state index contributed by atoms with van der Waals surface area (Å²) >= 11 is 0. The van der Waals surface area contributed by atoms with Gasteiger partial charge in [0.1, 0.15) is 23.7 Å². The van der Waals surface area contributed by atoms with Gasteiger partial charge in [-0.3, -0.25) is 4.79 Å². The summed E-state index contributed by atoms with van der Waals surface area (Å²) in [7, 11) is 1.51. The lowest BCUT2D eigenvalue weighted by molar-refractivity contribution is -0.119. The minimum atomic E-state index is -0.635. The average molecular weight is 391 g/mol. The third-order valence-electron chi connectivity index (χ3n) is 4.06. The molecule has 3 aromatic rings. The number of hydrogen-bond acceptors (Lipinski definition) is 5. The van der Waals surface area contributed by atoms with E-state index in [9.17, 15) is 9.59 Å². The number of rotatable bonds is 8. The van der Waals surface area contributed by atoms with Crippen molar-refractivity contribution in [3.63, 3.8) is 0 Å². The van der Waals surface area contributed by atoms with E-state index in [0.717, 1.165) is 5.56 Å². The number of carbonyl (C=O) groups is 2. The van der Waals surface area contributed by atoms with Crippen molar-refractivity contribution in [2.24, 2.45) is 0 Å². The van der Waals surface area contributed by atoms with Gasteiger partial charge in [-0.05, 0) is 29.8 Å². The molecule has 0 saturated carbocycles. The van der Waals surface area contributed by atoms with Crippen molar-refractivity contribution in [1.82, 2.24) is 0 Å². The van der Waals surface area contributed by atoms with Crippen LogP contribution in [0, 0.1) is 0 Å². The van der Waals surface area contributed by atoms with E-state index >= 15 is 0 Å². The van der Waals surface area contributed by atoms with E-state index in [0.29, 0.717) is 23.8 Å². The Labute approximate surface area is 169 Å². The van der Waals surface area contributed by atoms with Gasteiger partial charge in [0, 0.05) is 0 Å². The van der Waals surface area contributed by atoms with Crippen LogP contribution in [0.3, 0.4) is 0 Å². The molecule has 3 aromatic carbocycles. The van der Waals surface area contributed by atoms with Gasteiger partial charge in [0.05, 0.1) is 12.8 Å². The molecule has 6 nitrogen and oxygen atoms in total. The molecule has 0 aliphatic heterocycles. The van der Waals surface area contributed by atoms with Crippen LogP contribution >= 0.6 is 0 Å². The number of carbonyl (C=O) groups excluding carboxylic acids is 2. The molecular weight excluding hydrogens is 370 g/mol. The third kappa shape index (κ3) is 5.59. The van der Waals surface area contributed by atoms with Crippen LogP contribution in [0.2, 0.25) is 0 Å². The molecule has 29 heavy (non-hydrogen) atoms. The number of methoxy groups -OCH3 is 1. The smallest absolute Gasteiger partial charge is 0.342 e. The zero-order valence-electron chi connectivity index (χ0n) is 16.0. The number of benzene rings is 3. The molecule has 0 spiro atoms. The van der Waals surface area contributed by atoms with Crippen LogP contribution in [0.15, 0.2) is 78.9 Å². The molecule has 148 valence electrons. The first-order chi connectivity index (χ1) is 14.2. The third-order valence-corrected chi connectivity index (χ3v) is 4.06. The Morgan fingerprint density at radius 1 is 0.828 bits per heavy atom. The second kappa shape index (κ2) is 9.94. The SMILES string of the molecule is COc1ccccc1NC(=O)COC(=O)c1ccccc1OCc1ccccc1. The Morgan fingerprint density at radius 2 is 1.48 bits per heavy atom. The lowest BCUT2D eigenvalue weighted by Gasteiger charge is -2.12. The summed E-state index contributed by atoms with van der Waals surface area (Å²) in [4.78, 5) is 24.6. The zero-order valence-corrected chi connectivity index (χ0v) is 16.0. The molecule has 0 heterocycles. The van der Waals surface area contributed by atoms with Gasteiger partial charge in [-0.2, -0.15) is 0 Å². The molecule has 0 radical (unpaired) electrons. The largest absolute Gasteiger partial charge is 0.495 e. The fourth-order valence-corrected chi connectivity index (χ4v) is 2.64. The van der Waals surface area contributed by atoms with Crippen LogP contribution in [0.25, 0.3) is 0 Å². The Hall–Kier alpha value is -3.80. The zero-order chi connectivity index (χ0) is 20.5. The molecule has 0 fully saturated rings. The summed E-state index contributed by atoms with van der Waals surface area (Å²) in [5, 5.41) is 2.66. The summed E-state index contributed by atoms with van der Waals surface area (Å²) in [6.45, 7) is -0.108. The number of esters is 1. The Morgan fingerprint density at radius 3 is 2.24 bits per heavy atom. The van der Waals surface area contributed by atoms with Crippen LogP contribution < -0.4 is 14.8 Å². The van der Waals surface area contributed by atoms with E-state index in [1.807, 2.05) is 30.3 Å². The van der Waals surface area contributed by atoms with Crippen molar-refractivity contribution >= 4 is 17.6 Å². The monoisotopic (exact) mass is 391 g/mol. The number of anilines is 1. The fourth-order valence-electron chi connectivity index (χ4n) is 2.64. The van der Waals surface area contributed by atoms with Gasteiger partial charge < -0.3 is 19.5 Å². The fraction of sp³-hybridized carbons (Fsp3) is 0.130. The highest BCUT2D eigenvalue weighted by Gasteiger charge is 2.16. The number of hydrogen-bond donors (Lipinski definition) is 1. The first kappa shape index (κ1) is 19.9. The first-order valence-corrected chi connectivity index (χ1v) is 9.03. The van der Waals surface area contributed by atoms with Crippen molar-refractivity contribution in [2.75, 3.05) is 19.0 Å². The second-order valence-corrected chi connectivity index (χ2v) is 6.10. The normalized spacial score (nSPS) is 10.1. The van der Waals surface area contributed by atoms with Crippen LogP contribution in [0.1, 0.15) is 15.9 Å². The average Bonchev–Trinajstić information content (AvgIpc) is 2.77. The van der Waals surface area contributed by atoms with Crippen LogP contribution in [-0.2, 0) is 16.1 Å². The van der Waals surface area contributed by atoms with E-state index in [2.05, 4.69) is 5.32 Å². The summed E-state index contributed by atoms with van der Waals surface area (Å²) < 4.78 is 16.1. The molecule has 0 atom stereocenters. The molecular formula is C23H21NO5. The molecule has 0 unspecified atom stereocenters. The predicted octanol–water partition coefficient (Wildman–Crippen LogP) is 4.07. The number of ether oxygens (including phenoxy) is 3. The topological polar surface area (TPSA) is 73.9 Å². The quantitative estimate of drug-likeness (QED) is 0.586. The van der Waals surface area contributed by atoms with Gasteiger partial charge >= 0.3 is 5.97 Å². The van der Waals surface area contributed by atoms with E-state index in [4.69, 9.17) is 14.2 Å². The van der Waals surface area contributed by atoms with Crippen LogP contribution in [0.5, 0.6) is 11.5 Å². The van der Waals surface area contributed by atoms with Crippen LogP contribution in [0.4, 0.5) is 5.69 Å². The highest BCUT2D eigenvalue weighted by molar-refractivity contribution is 5.97. The van der Waals surface area contributed by atoms with E-state index in [-0.39, 0.29) is 5.56 Å². The summed E-state index contributed by atoms with van der Waals surface area (Å²) in [6, 6.07) is 23.4. The summed E-state index contributed by atoms with van der Waals surface area (Å²) in [5.41, 5.74) is 1.74. The number of para-hydroxylation sites is 3. The van der Waals surface area contributed by atoms with Gasteiger partial charge in [0.15, 0.2) is 6.61 Å². The van der Waals surface area contributed by atoms with E-state index in [1.54, 1.807) is 48.5 Å². The van der Waals surface area contributed by atoms with Gasteiger partial charge in [0.25, 0.3) is 5.91 Å². The lowest BCUT2D eigenvalue weighted by atomic mass is 10.2. The molecule has 6 heteroatoms. The number of nitrogens with one attached hydrogen (secondary N) is 1. The predicted molar refractivity (Wildman–Crippen MR) is 109 cm³/mol. The van der Waals surface area contributed by atoms with Crippen molar-refractivity contribution in [3.8, 4) is 11.5 Å². The minimum absolute atomic E-state index is 0.258. The minimum Gasteiger partial charge on any atom is -0.495 e. The Balaban J connectivity index is 1.58. The molecule has 0 bridgehead atoms. The number of amides is 1. The van der Waals surface area contributed by atoms with Gasteiger partial charge in [-0.15, -0.1) is 0 Å². The standard InChI is InChI=1S/C23H21NO5/c1-27-21-14-8-6-12-19(21)24-22(25)16-29-23(26)18-11-5-7-13-20(18)28-15-17-9-3-2-4-10-17/h2-14H,15-16H2,1H3,(H,24,25). The molecule has 0 saturated heterocycles. The van der Waals surface area contributed by atoms with Crippen molar-refractivity contribution < 1.29 is 23.8 Å². The molecule has 0 aromatic heterocycles. The molecule has 1 N–H and O–H groups in total. The summed E-state index contributed by atoms with van der Waals surface area (Å²) in [6.07, 6.45) is 0. The van der Waals surface area contributed by atoms with Gasteiger partial charge in [0.2, 0.25) is 0 Å². The van der Waals surface area contributed by atoms with E-state index < -0.39 is 18.5 Å². The maximum Gasteiger partial charge on any atom is 0.342 e. The van der Waals surface area contributed by atoms with Crippen LogP contribution in [-0.4, -0.2) is 25.6 Å². The highest BCUT2D eigenvalue weighted by atomic mass is 16.5. The van der Waals surface area contributed by atoms with Crippen molar-refractivity contribution in [1.29, 1.82) is 0 Å². The summed E-state index contributed by atoms with van der Waals surface area (Å²) in [5.74, 6) is -0.187. The molecule has 0 aliphatic carbocycles. The van der Waals surface area contributed by atoms with E-state index in [1.165, 1.54) is 7.11 Å². The highest BCUT2D eigenvalue weighted by Crippen LogP contribution is 2.23. The Kier molecular flexibility index (Phi) is 6.84. The molecule has 0 aliphatic rings. The maximum absolute atomic E-state index is 12.4. The molecule has 1 amide bonds. The Bertz CT molecular complexity index is 972. The first-order valence-electron chi connectivity index (χ1n) is 9.03. The molecule has 3 rings (SSSR count). The van der Waals surface area contributed by atoms with Gasteiger partial charge in [-0.1, -0.05) is 54.6 Å². The second-order valence-electron chi connectivity index (χ2n) is 6.10. The van der Waals surface area contributed by atoms with Gasteiger partial charge in [-0.25, -0.2) is 4.79 Å². The van der Waals surface area contributed by atoms with Crippen molar-refractivity contribution in [3.05, 3.63) is 90.0 Å². The lowest BCUT2D eigenvalue weighted by Crippen LogP contribution is -2.21. The maximum atomic E-state index is 12.4. The van der Waals surface area contributed by atoms with Crippen molar-refractivity contribution in [2.45, 2.75) is 6.61 Å².